The molecule has 2 aromatic carbocycles. The van der Waals surface area contributed by atoms with Gasteiger partial charge in [-0.25, -0.2) is 4.79 Å². The van der Waals surface area contributed by atoms with E-state index in [1.54, 1.807) is 24.3 Å². The van der Waals surface area contributed by atoms with Crippen molar-refractivity contribution >= 4 is 5.97 Å². The summed E-state index contributed by atoms with van der Waals surface area (Å²) in [5, 5.41) is 19.5. The molecule has 0 aliphatic rings. The summed E-state index contributed by atoms with van der Waals surface area (Å²) >= 11 is 0. The summed E-state index contributed by atoms with van der Waals surface area (Å²) in [6.45, 7) is 0.438. The molecule has 2 atom stereocenters. The molecule has 0 aliphatic heterocycles. The number of aliphatic hydroxyl groups is 2. The second-order valence-corrected chi connectivity index (χ2v) is 4.76. The van der Waals surface area contributed by atoms with Crippen LogP contribution in [0, 0.1) is 0 Å². The Balaban J connectivity index is 1.96. The first-order chi connectivity index (χ1) is 10.6. The quantitative estimate of drug-likeness (QED) is 0.796. The molecule has 2 N–H and O–H groups in total. The molecule has 2 rings (SSSR count). The topological polar surface area (TPSA) is 76.0 Å². The van der Waals surface area contributed by atoms with Crippen LogP contribution in [0.4, 0.5) is 0 Å². The molecule has 0 fully saturated rings. The molecule has 5 heteroatoms. The third-order valence-electron chi connectivity index (χ3n) is 3.21. The van der Waals surface area contributed by atoms with Crippen LogP contribution in [0.15, 0.2) is 54.6 Å². The third kappa shape index (κ3) is 4.07. The lowest BCUT2D eigenvalue weighted by Crippen LogP contribution is -2.28. The Hall–Kier alpha value is -2.37. The number of rotatable bonds is 6. The summed E-state index contributed by atoms with van der Waals surface area (Å²) in [4.78, 5) is 11.2. The van der Waals surface area contributed by atoms with Crippen LogP contribution in [-0.2, 0) is 16.1 Å². The Labute approximate surface area is 128 Å². The minimum Gasteiger partial charge on any atom is -0.489 e. The fraction of sp³-hybridized carbons (Fsp3) is 0.235. The molecule has 116 valence electrons. The molecule has 0 amide bonds. The molecule has 0 spiro atoms. The van der Waals surface area contributed by atoms with Crippen molar-refractivity contribution in [2.75, 3.05) is 7.11 Å². The van der Waals surface area contributed by atoms with Gasteiger partial charge in [0.1, 0.15) is 18.5 Å². The summed E-state index contributed by atoms with van der Waals surface area (Å²) in [7, 11) is 1.15. The monoisotopic (exact) mass is 302 g/mol. The van der Waals surface area contributed by atoms with Gasteiger partial charge in [-0.05, 0) is 23.3 Å². The van der Waals surface area contributed by atoms with Crippen molar-refractivity contribution in [3.05, 3.63) is 65.7 Å². The number of methoxy groups -OCH3 is 1. The maximum atomic E-state index is 11.2. The van der Waals surface area contributed by atoms with Crippen LogP contribution < -0.4 is 4.74 Å². The Bertz CT molecular complexity index is 594. The predicted octanol–water partition coefficient (Wildman–Crippen LogP) is 1.83. The molecule has 0 bridgehead atoms. The van der Waals surface area contributed by atoms with Crippen molar-refractivity contribution in [3.8, 4) is 5.75 Å². The minimum absolute atomic E-state index is 0.407. The van der Waals surface area contributed by atoms with Gasteiger partial charge >= 0.3 is 5.97 Å². The van der Waals surface area contributed by atoms with Crippen molar-refractivity contribution < 1.29 is 24.5 Å². The van der Waals surface area contributed by atoms with E-state index in [2.05, 4.69) is 4.74 Å². The molecule has 0 saturated carbocycles. The van der Waals surface area contributed by atoms with E-state index in [0.29, 0.717) is 17.9 Å². The molecule has 0 saturated heterocycles. The Morgan fingerprint density at radius 3 is 2.27 bits per heavy atom. The average molecular weight is 302 g/mol. The van der Waals surface area contributed by atoms with E-state index >= 15 is 0 Å². The lowest BCUT2D eigenvalue weighted by molar-refractivity contribution is -0.156. The van der Waals surface area contributed by atoms with Crippen LogP contribution in [0.25, 0.3) is 0 Å². The van der Waals surface area contributed by atoms with E-state index in [1.807, 2.05) is 30.3 Å². The fourth-order valence-corrected chi connectivity index (χ4v) is 1.93. The molecule has 0 aromatic heterocycles. The maximum absolute atomic E-state index is 11.2. The fourth-order valence-electron chi connectivity index (χ4n) is 1.93. The summed E-state index contributed by atoms with van der Waals surface area (Å²) < 4.78 is 10.0. The average Bonchev–Trinajstić information content (AvgIpc) is 2.59. The van der Waals surface area contributed by atoms with Crippen LogP contribution in [0.5, 0.6) is 5.75 Å². The number of carbonyl (C=O) groups excluding carboxylic acids is 1. The van der Waals surface area contributed by atoms with Gasteiger partial charge in [0.25, 0.3) is 0 Å². The van der Waals surface area contributed by atoms with E-state index in [4.69, 9.17) is 4.74 Å². The lowest BCUT2D eigenvalue weighted by atomic mass is 10.0. The number of hydrogen-bond acceptors (Lipinski definition) is 5. The SMILES string of the molecule is COC(=O)C(O)C(O)c1ccc(OCc2ccccc2)cc1. The van der Waals surface area contributed by atoms with Gasteiger partial charge in [-0.15, -0.1) is 0 Å². The van der Waals surface area contributed by atoms with Gasteiger partial charge in [-0.1, -0.05) is 42.5 Å². The number of carbonyl (C=O) groups is 1. The largest absolute Gasteiger partial charge is 0.489 e. The van der Waals surface area contributed by atoms with E-state index in [9.17, 15) is 15.0 Å². The number of hydrogen-bond donors (Lipinski definition) is 2. The van der Waals surface area contributed by atoms with Crippen molar-refractivity contribution in [1.82, 2.24) is 0 Å². The Morgan fingerprint density at radius 2 is 1.68 bits per heavy atom. The molecular formula is C17H18O5. The van der Waals surface area contributed by atoms with Crippen molar-refractivity contribution in [2.45, 2.75) is 18.8 Å². The first kappa shape index (κ1) is 16.0. The highest BCUT2D eigenvalue weighted by atomic mass is 16.5. The lowest BCUT2D eigenvalue weighted by Gasteiger charge is -2.16. The highest BCUT2D eigenvalue weighted by Gasteiger charge is 2.26. The van der Waals surface area contributed by atoms with E-state index in [0.717, 1.165) is 12.7 Å². The third-order valence-corrected chi connectivity index (χ3v) is 3.21. The van der Waals surface area contributed by atoms with Crippen LogP contribution in [-0.4, -0.2) is 29.4 Å². The highest BCUT2D eigenvalue weighted by Crippen LogP contribution is 2.21. The van der Waals surface area contributed by atoms with Crippen LogP contribution >= 0.6 is 0 Å². The normalized spacial score (nSPS) is 13.2. The number of benzene rings is 2. The summed E-state index contributed by atoms with van der Waals surface area (Å²) in [5.41, 5.74) is 1.46. The van der Waals surface area contributed by atoms with E-state index in [-0.39, 0.29) is 0 Å². The van der Waals surface area contributed by atoms with Crippen LogP contribution in [0.1, 0.15) is 17.2 Å². The molecule has 0 aliphatic carbocycles. The predicted molar refractivity (Wildman–Crippen MR) is 80.2 cm³/mol. The second kappa shape index (κ2) is 7.59. The first-order valence-corrected chi connectivity index (χ1v) is 6.82. The standard InChI is InChI=1S/C17H18O5/c1-21-17(20)16(19)15(18)13-7-9-14(10-8-13)22-11-12-5-3-2-4-6-12/h2-10,15-16,18-19H,11H2,1H3. The molecule has 0 radical (unpaired) electrons. The second-order valence-electron chi connectivity index (χ2n) is 4.76. The van der Waals surface area contributed by atoms with Gasteiger partial charge in [0.05, 0.1) is 7.11 Å². The van der Waals surface area contributed by atoms with Crippen molar-refractivity contribution in [1.29, 1.82) is 0 Å². The Kier molecular flexibility index (Phi) is 5.52. The molecule has 2 aromatic rings. The number of esters is 1. The zero-order chi connectivity index (χ0) is 15.9. The molecule has 22 heavy (non-hydrogen) atoms. The van der Waals surface area contributed by atoms with Crippen LogP contribution in [0.2, 0.25) is 0 Å². The van der Waals surface area contributed by atoms with Crippen LogP contribution in [0.3, 0.4) is 0 Å². The summed E-state index contributed by atoms with van der Waals surface area (Å²) in [5.74, 6) is -0.246. The molecular weight excluding hydrogens is 284 g/mol. The Morgan fingerprint density at radius 1 is 1.05 bits per heavy atom. The maximum Gasteiger partial charge on any atom is 0.337 e. The highest BCUT2D eigenvalue weighted by molar-refractivity contribution is 5.75. The number of ether oxygens (including phenoxy) is 2. The molecule has 2 unspecified atom stereocenters. The molecule has 5 nitrogen and oxygen atoms in total. The minimum atomic E-state index is -1.61. The van der Waals surface area contributed by atoms with Crippen molar-refractivity contribution in [2.24, 2.45) is 0 Å². The first-order valence-electron chi connectivity index (χ1n) is 6.82. The zero-order valence-corrected chi connectivity index (χ0v) is 12.2. The van der Waals surface area contributed by atoms with Gasteiger partial charge in [0.15, 0.2) is 6.10 Å². The van der Waals surface area contributed by atoms with E-state index < -0.39 is 18.2 Å². The van der Waals surface area contributed by atoms with E-state index in [1.165, 1.54) is 0 Å². The van der Waals surface area contributed by atoms with Crippen molar-refractivity contribution in [3.63, 3.8) is 0 Å². The molecule has 0 heterocycles. The van der Waals surface area contributed by atoms with Gasteiger partial charge < -0.3 is 19.7 Å². The summed E-state index contributed by atoms with van der Waals surface area (Å²) in [6, 6.07) is 16.3. The van der Waals surface area contributed by atoms with Gasteiger partial charge in [-0.3, -0.25) is 0 Å². The smallest absolute Gasteiger partial charge is 0.337 e. The van der Waals surface area contributed by atoms with Gasteiger partial charge in [0, 0.05) is 0 Å². The van der Waals surface area contributed by atoms with Gasteiger partial charge in [0.2, 0.25) is 0 Å². The zero-order valence-electron chi connectivity index (χ0n) is 12.2. The number of aliphatic hydroxyl groups excluding tert-OH is 2. The van der Waals surface area contributed by atoms with Gasteiger partial charge in [-0.2, -0.15) is 0 Å². The summed E-state index contributed by atoms with van der Waals surface area (Å²) in [6.07, 6.45) is -2.95.